The predicted octanol–water partition coefficient (Wildman–Crippen LogP) is 8.45. The maximum atomic E-state index is 13.3. The van der Waals surface area contributed by atoms with Gasteiger partial charge >= 0.3 is 0 Å². The summed E-state index contributed by atoms with van der Waals surface area (Å²) in [5, 5.41) is 7.12. The summed E-state index contributed by atoms with van der Waals surface area (Å²) >= 11 is 15.4. The second kappa shape index (κ2) is 21.5. The number of sulfonamides is 2. The maximum absolute atomic E-state index is 13.3. The Morgan fingerprint density at radius 2 is 1.03 bits per heavy atom. The number of rotatable bonds is 14. The number of nitrogens with zero attached hydrogens (tertiary/aromatic N) is 6. The molecule has 4 heterocycles. The number of piperazine rings is 2. The van der Waals surface area contributed by atoms with Crippen LogP contribution in [0.1, 0.15) is 33.6 Å². The monoisotopic (exact) mass is 1010 g/mol. The van der Waals surface area contributed by atoms with Crippen molar-refractivity contribution in [3.63, 3.8) is 0 Å². The highest BCUT2D eigenvalue weighted by molar-refractivity contribution is 7.89. The Morgan fingerprint density at radius 3 is 1.47 bits per heavy atom. The molecule has 4 aromatic carbocycles. The number of methoxy groups -OCH3 is 4. The topological polar surface area (TPSA) is 144 Å². The molecule has 0 unspecified atom stereocenters. The summed E-state index contributed by atoms with van der Waals surface area (Å²) in [6, 6.07) is 21.5. The van der Waals surface area contributed by atoms with Crippen LogP contribution in [0.3, 0.4) is 0 Å². The fraction of sp³-hybridized carbons (Fsp3) is 0.348. The van der Waals surface area contributed by atoms with Gasteiger partial charge in [-0.05, 0) is 66.9 Å². The molecule has 2 saturated heterocycles. The van der Waals surface area contributed by atoms with Crippen LogP contribution in [-0.2, 0) is 32.9 Å². The lowest BCUT2D eigenvalue weighted by Gasteiger charge is -2.34. The quantitative estimate of drug-likeness (QED) is 0.103. The van der Waals surface area contributed by atoms with E-state index < -0.39 is 20.0 Å². The van der Waals surface area contributed by atoms with E-state index >= 15 is 0 Å². The third-order valence-corrected chi connectivity index (χ3v) is 17.7. The van der Waals surface area contributed by atoms with E-state index in [2.05, 4.69) is 47.2 Å². The van der Waals surface area contributed by atoms with Gasteiger partial charge in [0, 0.05) is 98.1 Å². The minimum atomic E-state index is -3.73. The second-order valence-corrected chi connectivity index (χ2v) is 21.9. The molecule has 2 aliphatic rings. The fourth-order valence-electron chi connectivity index (χ4n) is 7.58. The van der Waals surface area contributed by atoms with E-state index in [0.29, 0.717) is 91.8 Å². The molecule has 0 atom stereocenters. The third kappa shape index (κ3) is 11.4. The normalized spacial score (nSPS) is 15.0. The molecule has 0 N–H and O–H groups in total. The maximum Gasteiger partial charge on any atom is 0.247 e. The molecule has 0 amide bonds. The van der Waals surface area contributed by atoms with Gasteiger partial charge in [-0.1, -0.05) is 53.0 Å². The summed E-state index contributed by atoms with van der Waals surface area (Å²) in [7, 11) is -1.49. The number of benzene rings is 4. The highest BCUT2D eigenvalue weighted by Gasteiger charge is 2.34. The highest BCUT2D eigenvalue weighted by atomic mass is 35.5. The van der Waals surface area contributed by atoms with Crippen molar-refractivity contribution in [2.75, 3.05) is 90.6 Å². The van der Waals surface area contributed by atoms with Crippen molar-refractivity contribution in [2.24, 2.45) is 0 Å². The minimum absolute atomic E-state index is 0.106. The lowest BCUT2D eigenvalue weighted by Crippen LogP contribution is -2.48. The Kier molecular flexibility index (Phi) is 16.1. The number of ether oxygens (including phenoxy) is 4. The first-order chi connectivity index (χ1) is 31.6. The second-order valence-electron chi connectivity index (χ2n) is 15.6. The molecule has 6 aromatic rings. The molecule has 2 fully saturated rings. The van der Waals surface area contributed by atoms with Gasteiger partial charge < -0.3 is 28.7 Å². The first kappa shape index (κ1) is 49.3. The number of thiazole rings is 2. The van der Waals surface area contributed by atoms with E-state index in [1.165, 1.54) is 65.9 Å². The van der Waals surface area contributed by atoms with Gasteiger partial charge in [-0.25, -0.2) is 26.8 Å². The summed E-state index contributed by atoms with van der Waals surface area (Å²) in [6.07, 6.45) is 1.41. The van der Waals surface area contributed by atoms with Crippen LogP contribution in [0.2, 0.25) is 10.0 Å². The number of hydrogen-bond acceptors (Lipinski definition) is 14. The van der Waals surface area contributed by atoms with Gasteiger partial charge in [0.25, 0.3) is 0 Å². The van der Waals surface area contributed by atoms with Gasteiger partial charge in [0.15, 0.2) is 10.3 Å². The first-order valence-corrected chi connectivity index (χ1v) is 26.4. The third-order valence-electron chi connectivity index (χ3n) is 11.3. The molecule has 0 aliphatic carbocycles. The zero-order valence-corrected chi connectivity index (χ0v) is 42.3. The summed E-state index contributed by atoms with van der Waals surface area (Å²) in [5.74, 6) is 1.55. The number of anilines is 2. The fourth-order valence-corrected chi connectivity index (χ4v) is 13.0. The van der Waals surface area contributed by atoms with Crippen LogP contribution in [-0.4, -0.2) is 116 Å². The Labute approximate surface area is 405 Å². The van der Waals surface area contributed by atoms with Gasteiger partial charge in [-0.2, -0.15) is 8.61 Å². The van der Waals surface area contributed by atoms with E-state index in [4.69, 9.17) is 52.1 Å². The largest absolute Gasteiger partial charge is 0.497 e. The number of hydrogen-bond donors (Lipinski definition) is 0. The van der Waals surface area contributed by atoms with Crippen molar-refractivity contribution in [1.82, 2.24) is 18.6 Å². The van der Waals surface area contributed by atoms with Crippen molar-refractivity contribution in [3.8, 4) is 23.0 Å². The molecular formula is C46H52Cl2N6O8S4. The van der Waals surface area contributed by atoms with Crippen LogP contribution < -0.4 is 28.7 Å². The molecule has 352 valence electrons. The lowest BCUT2D eigenvalue weighted by molar-refractivity contribution is 0.370. The van der Waals surface area contributed by atoms with Crippen molar-refractivity contribution >= 4 is 76.2 Å². The van der Waals surface area contributed by atoms with Gasteiger partial charge in [0.05, 0.1) is 39.8 Å². The molecule has 0 saturated carbocycles. The molecule has 20 heteroatoms. The standard InChI is InChI=1S/C24H29N3O4S2.C22H23Cl2N3O4S2/c1-17-5-6-18(2)19(13-17)14-20-16-32-24(25-20)26-9-11-27(12-10-26)33(28,29)23-15-21(30-3)7-8-22(23)31-4;1-30-18-5-6-20(31-2)21(13-18)33(28,29)27-9-7-26(8-10-27)22-25-17(14-32-22)11-15-3-4-16(23)12-19(15)24/h5-8,13,15-16H,9-12,14H2,1-4H3;3-6,12-14H,7-11H2,1-2H3. The zero-order valence-electron chi connectivity index (χ0n) is 37.5. The van der Waals surface area contributed by atoms with Crippen molar-refractivity contribution in [2.45, 2.75) is 36.5 Å². The first-order valence-electron chi connectivity index (χ1n) is 21.0. The van der Waals surface area contributed by atoms with Gasteiger partial charge in [0.1, 0.15) is 32.8 Å². The van der Waals surface area contributed by atoms with E-state index in [-0.39, 0.29) is 9.79 Å². The summed E-state index contributed by atoms with van der Waals surface area (Å²) in [6.45, 7) is 7.94. The molecule has 0 radical (unpaired) electrons. The Balaban J connectivity index is 0.000000196. The molecule has 0 spiro atoms. The van der Waals surface area contributed by atoms with Crippen LogP contribution in [0.4, 0.5) is 10.3 Å². The molecule has 8 rings (SSSR count). The molecular weight excluding hydrogens is 964 g/mol. The van der Waals surface area contributed by atoms with E-state index in [0.717, 1.165) is 33.6 Å². The van der Waals surface area contributed by atoms with Gasteiger partial charge in [0.2, 0.25) is 20.0 Å². The van der Waals surface area contributed by atoms with Crippen molar-refractivity contribution in [3.05, 3.63) is 127 Å². The number of aromatic nitrogens is 2. The van der Waals surface area contributed by atoms with Crippen LogP contribution in [0, 0.1) is 13.8 Å². The summed E-state index contributed by atoms with van der Waals surface area (Å²) < 4.78 is 77.1. The highest BCUT2D eigenvalue weighted by Crippen LogP contribution is 2.34. The number of halogens is 2. The Hall–Kier alpha value is -4.66. The van der Waals surface area contributed by atoms with E-state index in [1.54, 1.807) is 53.0 Å². The molecule has 2 aromatic heterocycles. The molecule has 66 heavy (non-hydrogen) atoms. The smallest absolute Gasteiger partial charge is 0.247 e. The summed E-state index contributed by atoms with van der Waals surface area (Å²) in [4.78, 5) is 14.1. The molecule has 0 bridgehead atoms. The lowest BCUT2D eigenvalue weighted by atomic mass is 10.0. The average Bonchev–Trinajstić information content (AvgIpc) is 4.01. The minimum Gasteiger partial charge on any atom is -0.497 e. The Morgan fingerprint density at radius 1 is 0.561 bits per heavy atom. The van der Waals surface area contributed by atoms with Crippen molar-refractivity contribution < 1.29 is 35.8 Å². The van der Waals surface area contributed by atoms with Crippen LogP contribution in [0.25, 0.3) is 0 Å². The average molecular weight is 1020 g/mol. The van der Waals surface area contributed by atoms with Crippen LogP contribution in [0.5, 0.6) is 23.0 Å². The van der Waals surface area contributed by atoms with Gasteiger partial charge in [-0.3, -0.25) is 0 Å². The van der Waals surface area contributed by atoms with Crippen LogP contribution >= 0.6 is 45.9 Å². The number of aryl methyl sites for hydroxylation is 2. The van der Waals surface area contributed by atoms with Gasteiger partial charge in [-0.15, -0.1) is 22.7 Å². The zero-order chi connectivity index (χ0) is 47.2. The van der Waals surface area contributed by atoms with E-state index in [1.807, 2.05) is 17.5 Å². The van der Waals surface area contributed by atoms with E-state index in [9.17, 15) is 16.8 Å². The van der Waals surface area contributed by atoms with Crippen molar-refractivity contribution in [1.29, 1.82) is 0 Å². The molecule has 14 nitrogen and oxygen atoms in total. The summed E-state index contributed by atoms with van der Waals surface area (Å²) in [5.41, 5.74) is 6.71. The molecule has 2 aliphatic heterocycles. The predicted molar refractivity (Wildman–Crippen MR) is 263 cm³/mol. The van der Waals surface area contributed by atoms with Crippen LogP contribution in [0.15, 0.2) is 93.3 Å². The Bertz CT molecular complexity index is 2860. The SMILES string of the molecule is COc1ccc(OC)c(S(=O)(=O)N2CCN(c3nc(Cc4cc(C)ccc4C)cs3)CC2)c1.COc1ccc(OC)c(S(=O)(=O)N2CCN(c3nc(Cc4ccc(Cl)cc4Cl)cs3)CC2)c1.